The van der Waals surface area contributed by atoms with Crippen molar-refractivity contribution in [1.82, 2.24) is 15.3 Å². The summed E-state index contributed by atoms with van der Waals surface area (Å²) in [6, 6.07) is 4.36. The molecule has 1 heterocycles. The molecule has 6 nitrogen and oxygen atoms in total. The van der Waals surface area contributed by atoms with Crippen LogP contribution < -0.4 is 16.0 Å². The van der Waals surface area contributed by atoms with Gasteiger partial charge in [-0.25, -0.2) is 18.2 Å². The fraction of sp³-hybridized carbons (Fsp3) is 0.176. The molecule has 0 saturated heterocycles. The number of fused-ring (bicyclic) bond motifs is 1. The molecule has 0 radical (unpaired) electrons. The average molecular weight is 398 g/mol. The van der Waals surface area contributed by atoms with E-state index in [2.05, 4.69) is 25.9 Å². The molecule has 0 aliphatic carbocycles. The minimum atomic E-state index is -1.21. The summed E-state index contributed by atoms with van der Waals surface area (Å²) in [5, 5.41) is 8.11. The van der Waals surface area contributed by atoms with Crippen LogP contribution in [-0.2, 0) is 0 Å². The summed E-state index contributed by atoms with van der Waals surface area (Å²) < 4.78 is 41.2. The topological polar surface area (TPSA) is 81.8 Å². The van der Waals surface area contributed by atoms with Crippen LogP contribution in [0.3, 0.4) is 0 Å². The molecule has 27 heavy (non-hydrogen) atoms. The fourth-order valence-corrected chi connectivity index (χ4v) is 2.62. The number of H-pyrrole nitrogens is 1. The van der Waals surface area contributed by atoms with E-state index in [1.54, 1.807) is 7.05 Å². The SMILES string of the molecule is CNCCNc1nc2c(F)c(F)cc(C(=O)Nc3ccc(F)c(Cl)c3)c2[nH]1. The molecule has 0 unspecified atom stereocenters. The van der Waals surface area contributed by atoms with Crippen molar-refractivity contribution in [3.05, 3.63) is 52.3 Å². The minimum Gasteiger partial charge on any atom is -0.355 e. The predicted molar refractivity (Wildman–Crippen MR) is 97.8 cm³/mol. The highest BCUT2D eigenvalue weighted by molar-refractivity contribution is 6.31. The van der Waals surface area contributed by atoms with Crippen LogP contribution >= 0.6 is 11.6 Å². The molecule has 142 valence electrons. The van der Waals surface area contributed by atoms with Crippen LogP contribution in [0.4, 0.5) is 24.8 Å². The number of likely N-dealkylation sites (N-methyl/N-ethyl adjacent to an activating group) is 1. The van der Waals surface area contributed by atoms with E-state index in [0.717, 1.165) is 12.1 Å². The summed E-state index contributed by atoms with van der Waals surface area (Å²) in [5.41, 5.74) is -0.217. The number of hydrogen-bond acceptors (Lipinski definition) is 4. The zero-order valence-corrected chi connectivity index (χ0v) is 14.8. The van der Waals surface area contributed by atoms with Crippen LogP contribution in [0.15, 0.2) is 24.3 Å². The smallest absolute Gasteiger partial charge is 0.257 e. The molecular formula is C17H15ClF3N5O. The van der Waals surface area contributed by atoms with Crippen molar-refractivity contribution in [3.63, 3.8) is 0 Å². The highest BCUT2D eigenvalue weighted by Crippen LogP contribution is 2.26. The normalized spacial score (nSPS) is 11.0. The summed E-state index contributed by atoms with van der Waals surface area (Å²) in [6.07, 6.45) is 0. The first-order chi connectivity index (χ1) is 12.9. The van der Waals surface area contributed by atoms with Crippen LogP contribution in [0, 0.1) is 17.5 Å². The number of amides is 1. The van der Waals surface area contributed by atoms with Gasteiger partial charge in [0.05, 0.1) is 16.1 Å². The molecular weight excluding hydrogens is 383 g/mol. The summed E-state index contributed by atoms with van der Waals surface area (Å²) >= 11 is 5.68. The number of hydrogen-bond donors (Lipinski definition) is 4. The molecule has 0 fully saturated rings. The summed E-state index contributed by atoms with van der Waals surface area (Å²) in [4.78, 5) is 19.3. The predicted octanol–water partition coefficient (Wildman–Crippen LogP) is 3.52. The Hall–Kier alpha value is -2.78. The van der Waals surface area contributed by atoms with E-state index < -0.39 is 23.4 Å². The van der Waals surface area contributed by atoms with Crippen LogP contribution in [0.1, 0.15) is 10.4 Å². The Bertz CT molecular complexity index is 1010. The number of aromatic nitrogens is 2. The lowest BCUT2D eigenvalue weighted by Gasteiger charge is -2.07. The Labute approximate surface area is 157 Å². The number of carbonyl (C=O) groups is 1. The second kappa shape index (κ2) is 7.85. The molecule has 2 aromatic carbocycles. The number of anilines is 2. The largest absolute Gasteiger partial charge is 0.355 e. The first kappa shape index (κ1) is 19.0. The van der Waals surface area contributed by atoms with Crippen molar-refractivity contribution < 1.29 is 18.0 Å². The van der Waals surface area contributed by atoms with Crippen LogP contribution in [0.5, 0.6) is 0 Å². The number of rotatable bonds is 6. The highest BCUT2D eigenvalue weighted by Gasteiger charge is 2.21. The molecule has 4 N–H and O–H groups in total. The lowest BCUT2D eigenvalue weighted by Crippen LogP contribution is -2.18. The van der Waals surface area contributed by atoms with E-state index in [-0.39, 0.29) is 33.3 Å². The van der Waals surface area contributed by atoms with Gasteiger partial charge >= 0.3 is 0 Å². The quantitative estimate of drug-likeness (QED) is 0.480. The van der Waals surface area contributed by atoms with E-state index in [0.29, 0.717) is 13.1 Å². The lowest BCUT2D eigenvalue weighted by molar-refractivity contribution is 0.102. The van der Waals surface area contributed by atoms with Gasteiger partial charge in [-0.15, -0.1) is 0 Å². The number of imidazole rings is 1. The Morgan fingerprint density at radius 2 is 1.96 bits per heavy atom. The molecule has 0 saturated carbocycles. The maximum atomic E-state index is 14.1. The van der Waals surface area contributed by atoms with Crippen LogP contribution in [0.2, 0.25) is 5.02 Å². The van der Waals surface area contributed by atoms with Crippen molar-refractivity contribution in [2.24, 2.45) is 0 Å². The van der Waals surface area contributed by atoms with Gasteiger partial charge in [0.15, 0.2) is 11.6 Å². The second-order valence-electron chi connectivity index (χ2n) is 5.64. The maximum Gasteiger partial charge on any atom is 0.257 e. The van der Waals surface area contributed by atoms with Gasteiger partial charge in [0, 0.05) is 18.8 Å². The van der Waals surface area contributed by atoms with Gasteiger partial charge in [-0.05, 0) is 31.3 Å². The average Bonchev–Trinajstić information content (AvgIpc) is 3.06. The van der Waals surface area contributed by atoms with Crippen molar-refractivity contribution in [1.29, 1.82) is 0 Å². The standard InChI is InChI=1S/C17H15ClF3N5O/c1-22-4-5-23-17-25-14-9(7-12(20)13(21)15(14)26-17)16(27)24-8-2-3-11(19)10(18)6-8/h2-3,6-7,22H,4-5H2,1H3,(H,24,27)(H2,23,25,26). The van der Waals surface area contributed by atoms with E-state index in [4.69, 9.17) is 11.6 Å². The third kappa shape index (κ3) is 3.99. The molecule has 3 rings (SSSR count). The molecule has 1 amide bonds. The van der Waals surface area contributed by atoms with Gasteiger partial charge in [0.1, 0.15) is 11.3 Å². The minimum absolute atomic E-state index is 0.0339. The number of aromatic amines is 1. The molecule has 0 aliphatic heterocycles. The number of carbonyl (C=O) groups excluding carboxylic acids is 1. The van der Waals surface area contributed by atoms with Crippen molar-refractivity contribution >= 4 is 40.2 Å². The van der Waals surface area contributed by atoms with E-state index in [1.807, 2.05) is 0 Å². The zero-order chi connectivity index (χ0) is 19.6. The Morgan fingerprint density at radius 1 is 1.19 bits per heavy atom. The summed E-state index contributed by atoms with van der Waals surface area (Å²) in [6.45, 7) is 1.10. The Balaban J connectivity index is 1.95. The van der Waals surface area contributed by atoms with Crippen molar-refractivity contribution in [3.8, 4) is 0 Å². The third-order valence-electron chi connectivity index (χ3n) is 3.75. The molecule has 0 atom stereocenters. The van der Waals surface area contributed by atoms with Crippen LogP contribution in [0.25, 0.3) is 11.0 Å². The molecule has 1 aromatic heterocycles. The first-order valence-corrected chi connectivity index (χ1v) is 8.31. The zero-order valence-electron chi connectivity index (χ0n) is 14.1. The fourth-order valence-electron chi connectivity index (χ4n) is 2.44. The maximum absolute atomic E-state index is 14.1. The lowest BCUT2D eigenvalue weighted by atomic mass is 10.1. The third-order valence-corrected chi connectivity index (χ3v) is 4.04. The second-order valence-corrected chi connectivity index (χ2v) is 6.05. The van der Waals surface area contributed by atoms with Gasteiger partial charge < -0.3 is 20.9 Å². The Kier molecular flexibility index (Phi) is 5.52. The number of halogens is 4. The van der Waals surface area contributed by atoms with Crippen molar-refractivity contribution in [2.75, 3.05) is 30.8 Å². The van der Waals surface area contributed by atoms with Crippen molar-refractivity contribution in [2.45, 2.75) is 0 Å². The van der Waals surface area contributed by atoms with Gasteiger partial charge in [-0.1, -0.05) is 11.6 Å². The summed E-state index contributed by atoms with van der Waals surface area (Å²) in [7, 11) is 1.76. The molecule has 0 aliphatic rings. The van der Waals surface area contributed by atoms with E-state index in [1.165, 1.54) is 12.1 Å². The van der Waals surface area contributed by atoms with Gasteiger partial charge in [0.2, 0.25) is 5.95 Å². The number of nitrogens with zero attached hydrogens (tertiary/aromatic N) is 1. The number of benzene rings is 2. The van der Waals surface area contributed by atoms with E-state index >= 15 is 0 Å². The molecule has 10 heteroatoms. The van der Waals surface area contributed by atoms with Gasteiger partial charge in [-0.3, -0.25) is 4.79 Å². The molecule has 3 aromatic rings. The van der Waals surface area contributed by atoms with Gasteiger partial charge in [0.25, 0.3) is 5.91 Å². The van der Waals surface area contributed by atoms with Crippen LogP contribution in [-0.4, -0.2) is 36.0 Å². The highest BCUT2D eigenvalue weighted by atomic mass is 35.5. The molecule has 0 bridgehead atoms. The monoisotopic (exact) mass is 397 g/mol. The first-order valence-electron chi connectivity index (χ1n) is 7.93. The number of nitrogens with one attached hydrogen (secondary N) is 4. The Morgan fingerprint density at radius 3 is 2.67 bits per heavy atom. The molecule has 0 spiro atoms. The summed E-state index contributed by atoms with van der Waals surface area (Å²) in [5.74, 6) is -3.55. The van der Waals surface area contributed by atoms with Gasteiger partial charge in [-0.2, -0.15) is 0 Å². The van der Waals surface area contributed by atoms with E-state index in [9.17, 15) is 18.0 Å².